The van der Waals surface area contributed by atoms with Gasteiger partial charge in [0, 0.05) is 11.1 Å². The molecule has 0 spiro atoms. The van der Waals surface area contributed by atoms with Crippen molar-refractivity contribution in [1.29, 1.82) is 0 Å². The van der Waals surface area contributed by atoms with Gasteiger partial charge in [-0.15, -0.1) is 0 Å². The van der Waals surface area contributed by atoms with Gasteiger partial charge in [-0.05, 0) is 31.0 Å². The van der Waals surface area contributed by atoms with Crippen molar-refractivity contribution in [3.05, 3.63) is 23.8 Å². The summed E-state index contributed by atoms with van der Waals surface area (Å²) in [5.41, 5.74) is 0.995. The summed E-state index contributed by atoms with van der Waals surface area (Å²) in [5.74, 6) is 1.31. The molecular weight excluding hydrogens is 332 g/mol. The van der Waals surface area contributed by atoms with Gasteiger partial charge in [0.1, 0.15) is 0 Å². The topological polar surface area (TPSA) is 52.6 Å². The molecule has 0 aliphatic rings. The molecule has 19 heavy (non-hydrogen) atoms. The van der Waals surface area contributed by atoms with Crippen LogP contribution in [-0.2, 0) is 16.3 Å². The summed E-state index contributed by atoms with van der Waals surface area (Å²) < 4.78 is 33.4. The third-order valence-electron chi connectivity index (χ3n) is 3.06. The standard InChI is InChI=1S/C13H19BrO4S/c1-9(19(4,15)16)11(14)7-10-5-6-12(17-2)13(8-10)18-3/h5-6,8-9,11H,7H2,1-4H3. The first-order valence-electron chi connectivity index (χ1n) is 5.83. The molecule has 0 aliphatic carbocycles. The predicted molar refractivity (Wildman–Crippen MR) is 80.3 cm³/mol. The van der Waals surface area contributed by atoms with Crippen LogP contribution in [0.1, 0.15) is 12.5 Å². The summed E-state index contributed by atoms with van der Waals surface area (Å²) in [4.78, 5) is -0.138. The highest BCUT2D eigenvalue weighted by Crippen LogP contribution is 2.29. The normalized spacial score (nSPS) is 14.8. The number of hydrogen-bond acceptors (Lipinski definition) is 4. The quantitative estimate of drug-likeness (QED) is 0.739. The van der Waals surface area contributed by atoms with E-state index in [1.807, 2.05) is 18.2 Å². The molecule has 1 rings (SSSR count). The third kappa shape index (κ3) is 4.38. The number of hydrogen-bond donors (Lipinski definition) is 0. The van der Waals surface area contributed by atoms with E-state index in [1.165, 1.54) is 6.26 Å². The van der Waals surface area contributed by atoms with Gasteiger partial charge in [0.15, 0.2) is 21.3 Å². The van der Waals surface area contributed by atoms with Crippen molar-refractivity contribution in [2.24, 2.45) is 0 Å². The molecule has 1 aromatic carbocycles. The molecule has 2 unspecified atom stereocenters. The van der Waals surface area contributed by atoms with E-state index in [0.717, 1.165) is 5.56 Å². The van der Waals surface area contributed by atoms with Crippen molar-refractivity contribution >= 4 is 25.8 Å². The molecule has 0 heterocycles. The fourth-order valence-electron chi connectivity index (χ4n) is 1.67. The van der Waals surface area contributed by atoms with Gasteiger partial charge in [-0.3, -0.25) is 0 Å². The van der Waals surface area contributed by atoms with Crippen molar-refractivity contribution in [3.8, 4) is 11.5 Å². The van der Waals surface area contributed by atoms with E-state index in [2.05, 4.69) is 15.9 Å². The van der Waals surface area contributed by atoms with Crippen LogP contribution in [0, 0.1) is 0 Å². The summed E-state index contributed by atoms with van der Waals surface area (Å²) in [6, 6.07) is 5.59. The van der Waals surface area contributed by atoms with E-state index >= 15 is 0 Å². The van der Waals surface area contributed by atoms with Gasteiger partial charge in [-0.1, -0.05) is 22.0 Å². The Morgan fingerprint density at radius 3 is 2.26 bits per heavy atom. The molecule has 4 nitrogen and oxygen atoms in total. The van der Waals surface area contributed by atoms with Crippen molar-refractivity contribution in [2.75, 3.05) is 20.5 Å². The van der Waals surface area contributed by atoms with Crippen LogP contribution in [0.25, 0.3) is 0 Å². The molecule has 6 heteroatoms. The van der Waals surface area contributed by atoms with Gasteiger partial charge >= 0.3 is 0 Å². The minimum Gasteiger partial charge on any atom is -0.493 e. The molecule has 0 saturated carbocycles. The molecule has 0 radical (unpaired) electrons. The number of sulfone groups is 1. The monoisotopic (exact) mass is 350 g/mol. The Kier molecular flexibility index (Phi) is 5.67. The second-order valence-electron chi connectivity index (χ2n) is 4.44. The number of alkyl halides is 1. The van der Waals surface area contributed by atoms with E-state index in [9.17, 15) is 8.42 Å². The molecular formula is C13H19BrO4S. The maximum atomic E-state index is 11.5. The summed E-state index contributed by atoms with van der Waals surface area (Å²) >= 11 is 3.45. The Balaban J connectivity index is 2.88. The summed E-state index contributed by atoms with van der Waals surface area (Å²) in [6.07, 6.45) is 1.86. The molecule has 0 bridgehead atoms. The Labute approximate surface area is 123 Å². The van der Waals surface area contributed by atoms with Gasteiger partial charge < -0.3 is 9.47 Å². The average Bonchev–Trinajstić information content (AvgIpc) is 2.36. The van der Waals surface area contributed by atoms with Crippen LogP contribution in [-0.4, -0.2) is 39.0 Å². The second-order valence-corrected chi connectivity index (χ2v) is 8.02. The highest BCUT2D eigenvalue weighted by molar-refractivity contribution is 9.09. The second kappa shape index (κ2) is 6.61. The first kappa shape index (κ1) is 16.3. The zero-order chi connectivity index (χ0) is 14.6. The van der Waals surface area contributed by atoms with Gasteiger partial charge in [-0.25, -0.2) is 8.42 Å². The molecule has 0 aliphatic heterocycles. The molecule has 0 N–H and O–H groups in total. The number of ether oxygens (including phenoxy) is 2. The lowest BCUT2D eigenvalue weighted by molar-refractivity contribution is 0.354. The smallest absolute Gasteiger partial charge is 0.160 e. The number of methoxy groups -OCH3 is 2. The van der Waals surface area contributed by atoms with E-state index in [1.54, 1.807) is 21.1 Å². The van der Waals surface area contributed by atoms with Crippen LogP contribution in [0.3, 0.4) is 0 Å². The van der Waals surface area contributed by atoms with Crippen LogP contribution in [0.2, 0.25) is 0 Å². The third-order valence-corrected chi connectivity index (χ3v) is 6.21. The molecule has 2 atom stereocenters. The Morgan fingerprint density at radius 1 is 1.21 bits per heavy atom. The van der Waals surface area contributed by atoms with E-state index in [4.69, 9.17) is 9.47 Å². The van der Waals surface area contributed by atoms with Crippen molar-refractivity contribution in [3.63, 3.8) is 0 Å². The van der Waals surface area contributed by atoms with Crippen molar-refractivity contribution in [1.82, 2.24) is 0 Å². The van der Waals surface area contributed by atoms with Crippen LogP contribution in [0.15, 0.2) is 18.2 Å². The SMILES string of the molecule is COc1ccc(CC(Br)C(C)S(C)(=O)=O)cc1OC. The predicted octanol–water partition coefficient (Wildman–Crippen LogP) is 2.44. The van der Waals surface area contributed by atoms with E-state index in [-0.39, 0.29) is 4.83 Å². The fraction of sp³-hybridized carbons (Fsp3) is 0.538. The minimum atomic E-state index is -3.05. The molecule has 108 valence electrons. The first-order chi connectivity index (χ1) is 8.79. The molecule has 0 amide bonds. The number of rotatable bonds is 6. The molecule has 0 fully saturated rings. The van der Waals surface area contributed by atoms with Crippen molar-refractivity contribution in [2.45, 2.75) is 23.4 Å². The average molecular weight is 351 g/mol. The lowest BCUT2D eigenvalue weighted by Crippen LogP contribution is -2.27. The summed E-state index contributed by atoms with van der Waals surface area (Å²) in [5, 5.41) is -0.444. The van der Waals surface area contributed by atoms with Crippen molar-refractivity contribution < 1.29 is 17.9 Å². The van der Waals surface area contributed by atoms with Crippen LogP contribution >= 0.6 is 15.9 Å². The molecule has 1 aromatic rings. The highest BCUT2D eigenvalue weighted by atomic mass is 79.9. The number of benzene rings is 1. The Bertz CT molecular complexity index is 527. The van der Waals surface area contributed by atoms with Crippen LogP contribution in [0.4, 0.5) is 0 Å². The minimum absolute atomic E-state index is 0.138. The summed E-state index contributed by atoms with van der Waals surface area (Å²) in [6.45, 7) is 1.70. The molecule has 0 aromatic heterocycles. The lowest BCUT2D eigenvalue weighted by atomic mass is 10.1. The highest BCUT2D eigenvalue weighted by Gasteiger charge is 2.24. The van der Waals surface area contributed by atoms with Crippen LogP contribution in [0.5, 0.6) is 11.5 Å². The Hall–Kier alpha value is -0.750. The van der Waals surface area contributed by atoms with E-state index < -0.39 is 15.1 Å². The van der Waals surface area contributed by atoms with Gasteiger partial charge in [0.25, 0.3) is 0 Å². The van der Waals surface area contributed by atoms with E-state index in [0.29, 0.717) is 17.9 Å². The largest absolute Gasteiger partial charge is 0.493 e. The zero-order valence-corrected chi connectivity index (χ0v) is 13.9. The maximum absolute atomic E-state index is 11.5. The van der Waals surface area contributed by atoms with Gasteiger partial charge in [0.2, 0.25) is 0 Å². The summed E-state index contributed by atoms with van der Waals surface area (Å²) in [7, 11) is 0.102. The lowest BCUT2D eigenvalue weighted by Gasteiger charge is -2.17. The maximum Gasteiger partial charge on any atom is 0.160 e. The first-order valence-corrected chi connectivity index (χ1v) is 8.70. The Morgan fingerprint density at radius 2 is 1.79 bits per heavy atom. The molecule has 0 saturated heterocycles. The number of halogens is 1. The van der Waals surface area contributed by atoms with Crippen LogP contribution < -0.4 is 9.47 Å². The van der Waals surface area contributed by atoms with Gasteiger partial charge in [0.05, 0.1) is 19.5 Å². The fourth-order valence-corrected chi connectivity index (χ4v) is 3.85. The zero-order valence-electron chi connectivity index (χ0n) is 11.5. The van der Waals surface area contributed by atoms with Gasteiger partial charge in [-0.2, -0.15) is 0 Å².